The van der Waals surface area contributed by atoms with Crippen molar-refractivity contribution in [1.82, 2.24) is 5.32 Å². The zero-order valence-corrected chi connectivity index (χ0v) is 10.4. The van der Waals surface area contributed by atoms with Crippen LogP contribution in [0.15, 0.2) is 0 Å². The van der Waals surface area contributed by atoms with Gasteiger partial charge in [-0.15, -0.1) is 11.8 Å². The molecule has 4 heteroatoms. The summed E-state index contributed by atoms with van der Waals surface area (Å²) in [6.45, 7) is 10.3. The Hall–Kier alpha value is -0.220. The van der Waals surface area contributed by atoms with E-state index in [1.165, 1.54) is 0 Å². The van der Waals surface area contributed by atoms with Crippen molar-refractivity contribution in [2.45, 2.75) is 50.8 Å². The highest BCUT2D eigenvalue weighted by molar-refractivity contribution is 8.02. The molecular formula is C10H20N2OS. The van der Waals surface area contributed by atoms with E-state index in [2.05, 4.69) is 33.0 Å². The number of thioether (sulfide) groups is 1. The van der Waals surface area contributed by atoms with Gasteiger partial charge in [0, 0.05) is 10.7 Å². The fourth-order valence-corrected chi connectivity index (χ4v) is 3.21. The topological polar surface area (TPSA) is 55.1 Å². The molecule has 0 radical (unpaired) electrons. The third-order valence-electron chi connectivity index (χ3n) is 3.43. The molecule has 14 heavy (non-hydrogen) atoms. The summed E-state index contributed by atoms with van der Waals surface area (Å²) in [5.41, 5.74) is 5.65. The fraction of sp³-hybridized carbons (Fsp3) is 0.900. The minimum absolute atomic E-state index is 0.0695. The summed E-state index contributed by atoms with van der Waals surface area (Å²) in [7, 11) is 0. The van der Waals surface area contributed by atoms with Gasteiger partial charge < -0.3 is 11.1 Å². The Morgan fingerprint density at radius 2 is 2.00 bits per heavy atom. The van der Waals surface area contributed by atoms with Crippen LogP contribution in [0.4, 0.5) is 0 Å². The average Bonchev–Trinajstić information content (AvgIpc) is 2.03. The van der Waals surface area contributed by atoms with E-state index in [1.54, 1.807) is 18.7 Å². The molecular weight excluding hydrogens is 196 g/mol. The van der Waals surface area contributed by atoms with Crippen LogP contribution < -0.4 is 11.1 Å². The fourth-order valence-electron chi connectivity index (χ4n) is 1.52. The molecule has 1 aliphatic rings. The van der Waals surface area contributed by atoms with Gasteiger partial charge in [0.25, 0.3) is 0 Å². The average molecular weight is 216 g/mol. The lowest BCUT2D eigenvalue weighted by Gasteiger charge is -2.58. The first-order valence-corrected chi connectivity index (χ1v) is 5.84. The summed E-state index contributed by atoms with van der Waals surface area (Å²) in [6.07, 6.45) is 0. The molecule has 1 rings (SSSR count). The van der Waals surface area contributed by atoms with Crippen LogP contribution >= 0.6 is 11.8 Å². The van der Waals surface area contributed by atoms with Gasteiger partial charge in [0.2, 0.25) is 5.91 Å². The van der Waals surface area contributed by atoms with E-state index in [1.807, 2.05) is 0 Å². The van der Waals surface area contributed by atoms with E-state index in [-0.39, 0.29) is 16.2 Å². The monoisotopic (exact) mass is 216 g/mol. The van der Waals surface area contributed by atoms with Crippen molar-refractivity contribution in [2.75, 3.05) is 0 Å². The molecule has 1 saturated heterocycles. The van der Waals surface area contributed by atoms with Crippen LogP contribution in [0.3, 0.4) is 0 Å². The summed E-state index contributed by atoms with van der Waals surface area (Å²) in [5, 5.41) is 3.58. The molecule has 82 valence electrons. The summed E-state index contributed by atoms with van der Waals surface area (Å²) < 4.78 is 0. The van der Waals surface area contributed by atoms with Crippen LogP contribution in [-0.4, -0.2) is 22.1 Å². The van der Waals surface area contributed by atoms with E-state index < -0.39 is 6.04 Å². The third kappa shape index (κ3) is 1.65. The minimum Gasteiger partial charge on any atom is -0.340 e. The van der Waals surface area contributed by atoms with Crippen molar-refractivity contribution >= 4 is 17.7 Å². The van der Waals surface area contributed by atoms with Crippen molar-refractivity contribution in [2.24, 2.45) is 11.1 Å². The van der Waals surface area contributed by atoms with Crippen LogP contribution in [-0.2, 0) is 4.79 Å². The highest BCUT2D eigenvalue weighted by Crippen LogP contribution is 2.58. The summed E-state index contributed by atoms with van der Waals surface area (Å²) in [6, 6.07) is -0.431. The highest BCUT2D eigenvalue weighted by Gasteiger charge is 2.56. The predicted molar refractivity (Wildman–Crippen MR) is 61.0 cm³/mol. The molecule has 0 bridgehead atoms. The minimum atomic E-state index is -0.431. The van der Waals surface area contributed by atoms with Crippen molar-refractivity contribution in [3.05, 3.63) is 0 Å². The SMILES string of the molecule is CC1SC(C)(NC(=O)[C@@H](C)N)C1(C)C. The van der Waals surface area contributed by atoms with E-state index in [4.69, 9.17) is 5.73 Å². The number of rotatable bonds is 2. The van der Waals surface area contributed by atoms with E-state index in [0.717, 1.165) is 0 Å². The molecule has 3 nitrogen and oxygen atoms in total. The van der Waals surface area contributed by atoms with Crippen LogP contribution in [0, 0.1) is 5.41 Å². The molecule has 0 aromatic rings. The van der Waals surface area contributed by atoms with Gasteiger partial charge in [-0.05, 0) is 13.8 Å². The van der Waals surface area contributed by atoms with Crippen molar-refractivity contribution in [3.63, 3.8) is 0 Å². The predicted octanol–water partition coefficient (Wildman–Crippen LogP) is 1.33. The maximum Gasteiger partial charge on any atom is 0.237 e. The smallest absolute Gasteiger partial charge is 0.237 e. The number of hydrogen-bond donors (Lipinski definition) is 2. The lowest BCUT2D eigenvalue weighted by Crippen LogP contribution is -2.66. The molecule has 3 N–H and O–H groups in total. The summed E-state index contributed by atoms with van der Waals surface area (Å²) in [4.78, 5) is 11.3. The molecule has 1 aliphatic heterocycles. The zero-order valence-electron chi connectivity index (χ0n) is 9.55. The van der Waals surface area contributed by atoms with E-state index in [9.17, 15) is 4.79 Å². The second-order valence-corrected chi connectivity index (χ2v) is 6.55. The third-order valence-corrected chi connectivity index (χ3v) is 5.48. The van der Waals surface area contributed by atoms with Gasteiger partial charge in [0.15, 0.2) is 0 Å². The van der Waals surface area contributed by atoms with Gasteiger partial charge in [0.1, 0.15) is 0 Å². The van der Waals surface area contributed by atoms with Crippen LogP contribution in [0.25, 0.3) is 0 Å². The number of carbonyl (C=O) groups excluding carboxylic acids is 1. The first-order chi connectivity index (χ1) is 6.21. The van der Waals surface area contributed by atoms with Gasteiger partial charge in [-0.2, -0.15) is 0 Å². The Morgan fingerprint density at radius 3 is 2.29 bits per heavy atom. The number of hydrogen-bond acceptors (Lipinski definition) is 3. The van der Waals surface area contributed by atoms with Gasteiger partial charge >= 0.3 is 0 Å². The van der Waals surface area contributed by atoms with Gasteiger partial charge in [-0.3, -0.25) is 4.79 Å². The lowest BCUT2D eigenvalue weighted by atomic mass is 9.80. The van der Waals surface area contributed by atoms with Crippen LogP contribution in [0.5, 0.6) is 0 Å². The Kier molecular flexibility index (Phi) is 2.89. The maximum absolute atomic E-state index is 11.5. The van der Waals surface area contributed by atoms with Gasteiger partial charge in [-0.1, -0.05) is 20.8 Å². The van der Waals surface area contributed by atoms with Crippen LogP contribution in [0.1, 0.15) is 34.6 Å². The Bertz CT molecular complexity index is 253. The molecule has 0 aliphatic carbocycles. The van der Waals surface area contributed by atoms with Crippen molar-refractivity contribution < 1.29 is 4.79 Å². The molecule has 3 atom stereocenters. The standard InChI is InChI=1S/C10H20N2OS/c1-6(11)8(13)12-10(5)9(3,4)7(2)14-10/h6-7H,11H2,1-5H3,(H,12,13)/t6-,7?,10?/m1/s1. The number of nitrogens with one attached hydrogen (secondary N) is 1. The molecule has 2 unspecified atom stereocenters. The van der Waals surface area contributed by atoms with E-state index in [0.29, 0.717) is 5.25 Å². The molecule has 0 spiro atoms. The number of nitrogens with two attached hydrogens (primary N) is 1. The van der Waals surface area contributed by atoms with Gasteiger partial charge in [0.05, 0.1) is 10.9 Å². The second kappa shape index (κ2) is 3.42. The van der Waals surface area contributed by atoms with Crippen molar-refractivity contribution in [1.29, 1.82) is 0 Å². The lowest BCUT2D eigenvalue weighted by molar-refractivity contribution is -0.124. The molecule has 1 amide bonds. The quantitative estimate of drug-likeness (QED) is 0.732. The molecule has 0 aromatic heterocycles. The summed E-state index contributed by atoms with van der Waals surface area (Å²) >= 11 is 1.80. The van der Waals surface area contributed by atoms with Gasteiger partial charge in [-0.25, -0.2) is 0 Å². The van der Waals surface area contributed by atoms with Crippen LogP contribution in [0.2, 0.25) is 0 Å². The number of carbonyl (C=O) groups is 1. The first kappa shape index (κ1) is 11.9. The van der Waals surface area contributed by atoms with Crippen molar-refractivity contribution in [3.8, 4) is 0 Å². The highest BCUT2D eigenvalue weighted by atomic mass is 32.2. The summed E-state index contributed by atoms with van der Waals surface area (Å²) in [5.74, 6) is -0.0695. The molecule has 1 heterocycles. The molecule has 0 aromatic carbocycles. The first-order valence-electron chi connectivity index (χ1n) is 4.96. The largest absolute Gasteiger partial charge is 0.340 e. The normalized spacial score (nSPS) is 37.1. The van der Waals surface area contributed by atoms with E-state index >= 15 is 0 Å². The Labute approximate surface area is 90.2 Å². The second-order valence-electron chi connectivity index (χ2n) is 4.79. The number of amides is 1. The molecule has 1 fully saturated rings. The maximum atomic E-state index is 11.5. The Morgan fingerprint density at radius 1 is 1.50 bits per heavy atom. The zero-order chi connectivity index (χ0) is 11.1. The molecule has 0 saturated carbocycles. The Balaban J connectivity index is 2.66.